The van der Waals surface area contributed by atoms with Gasteiger partial charge in [-0.05, 0) is 33.0 Å². The second kappa shape index (κ2) is 4.23. The molecule has 2 aliphatic heterocycles. The number of nitrogens with zero attached hydrogens (tertiary/aromatic N) is 3. The first-order chi connectivity index (χ1) is 8.29. The van der Waals surface area contributed by atoms with Crippen LogP contribution in [0.3, 0.4) is 0 Å². The summed E-state index contributed by atoms with van der Waals surface area (Å²) in [5, 5.41) is 4.45. The first kappa shape index (κ1) is 10.9. The van der Waals surface area contributed by atoms with E-state index in [-0.39, 0.29) is 0 Å². The van der Waals surface area contributed by atoms with Crippen LogP contribution in [0.5, 0.6) is 0 Å². The van der Waals surface area contributed by atoms with E-state index < -0.39 is 0 Å². The van der Waals surface area contributed by atoms with Gasteiger partial charge in [0.2, 0.25) is 0 Å². The molecule has 5 heteroatoms. The maximum Gasteiger partial charge on any atom is 0.170 e. The highest BCUT2D eigenvalue weighted by Gasteiger charge is 2.28. The Morgan fingerprint density at radius 2 is 2.12 bits per heavy atom. The first-order valence-corrected chi connectivity index (χ1v) is 6.11. The molecule has 92 valence electrons. The lowest BCUT2D eigenvalue weighted by molar-refractivity contribution is 0.109. The number of carbonyl (C=O) groups excluding carboxylic acids is 1. The number of rotatable bonds is 2. The number of hydrogen-bond donors (Lipinski definition) is 0. The Balaban J connectivity index is 1.90. The summed E-state index contributed by atoms with van der Waals surface area (Å²) < 4.78 is 7.46. The third kappa shape index (κ3) is 1.79. The standard InChI is InChI=1S/C12H17N3O2/c1-14-4-2-9(3-5-14)15-12-8-17-7-10(12)11(6-16)13-15/h6,9H,2-5,7-8H2,1H3. The lowest BCUT2D eigenvalue weighted by atomic mass is 10.1. The van der Waals surface area contributed by atoms with E-state index in [1.165, 1.54) is 0 Å². The van der Waals surface area contributed by atoms with E-state index in [0.29, 0.717) is 24.9 Å². The van der Waals surface area contributed by atoms with E-state index in [2.05, 4.69) is 17.0 Å². The number of ether oxygens (including phenoxy) is 1. The van der Waals surface area contributed by atoms with E-state index in [4.69, 9.17) is 4.74 Å². The number of hydrogen-bond acceptors (Lipinski definition) is 4. The molecule has 2 aliphatic rings. The second-order valence-electron chi connectivity index (χ2n) is 4.90. The Morgan fingerprint density at radius 1 is 1.35 bits per heavy atom. The third-order valence-corrected chi connectivity index (χ3v) is 3.78. The van der Waals surface area contributed by atoms with Crippen molar-refractivity contribution in [2.45, 2.75) is 32.1 Å². The summed E-state index contributed by atoms with van der Waals surface area (Å²) >= 11 is 0. The smallest absolute Gasteiger partial charge is 0.170 e. The van der Waals surface area contributed by atoms with Gasteiger partial charge in [-0.2, -0.15) is 5.10 Å². The fraction of sp³-hybridized carbons (Fsp3) is 0.667. The van der Waals surface area contributed by atoms with Crippen LogP contribution in [0.25, 0.3) is 0 Å². The van der Waals surface area contributed by atoms with Crippen LogP contribution in [0.15, 0.2) is 0 Å². The molecule has 5 nitrogen and oxygen atoms in total. The molecule has 0 atom stereocenters. The minimum absolute atomic E-state index is 0.426. The van der Waals surface area contributed by atoms with Crippen LogP contribution in [0.2, 0.25) is 0 Å². The molecule has 17 heavy (non-hydrogen) atoms. The summed E-state index contributed by atoms with van der Waals surface area (Å²) in [6.45, 7) is 3.33. The molecular formula is C12H17N3O2. The molecule has 1 saturated heterocycles. The number of carbonyl (C=O) groups is 1. The highest BCUT2D eigenvalue weighted by molar-refractivity contribution is 5.74. The molecule has 0 bridgehead atoms. The zero-order valence-electron chi connectivity index (χ0n) is 10.1. The quantitative estimate of drug-likeness (QED) is 0.717. The molecule has 3 heterocycles. The molecule has 0 saturated carbocycles. The molecule has 1 aromatic heterocycles. The van der Waals surface area contributed by atoms with Gasteiger partial charge in [0, 0.05) is 5.56 Å². The fourth-order valence-corrected chi connectivity index (χ4v) is 2.72. The maximum absolute atomic E-state index is 11.0. The second-order valence-corrected chi connectivity index (χ2v) is 4.90. The summed E-state index contributed by atoms with van der Waals surface area (Å²) in [4.78, 5) is 13.3. The van der Waals surface area contributed by atoms with Gasteiger partial charge in [-0.1, -0.05) is 0 Å². The van der Waals surface area contributed by atoms with Crippen LogP contribution in [0.1, 0.15) is 40.6 Å². The van der Waals surface area contributed by atoms with Gasteiger partial charge < -0.3 is 9.64 Å². The van der Waals surface area contributed by atoms with Gasteiger partial charge in [-0.3, -0.25) is 9.48 Å². The summed E-state index contributed by atoms with van der Waals surface area (Å²) in [7, 11) is 2.14. The summed E-state index contributed by atoms with van der Waals surface area (Å²) in [6, 6.07) is 0.426. The van der Waals surface area contributed by atoms with Crippen molar-refractivity contribution < 1.29 is 9.53 Å². The van der Waals surface area contributed by atoms with Crippen LogP contribution in [-0.4, -0.2) is 41.1 Å². The lowest BCUT2D eigenvalue weighted by Gasteiger charge is -2.29. The first-order valence-electron chi connectivity index (χ1n) is 6.11. The third-order valence-electron chi connectivity index (χ3n) is 3.78. The monoisotopic (exact) mass is 235 g/mol. The summed E-state index contributed by atoms with van der Waals surface area (Å²) in [5.74, 6) is 0. The number of aromatic nitrogens is 2. The minimum Gasteiger partial charge on any atom is -0.370 e. The molecule has 3 rings (SSSR count). The van der Waals surface area contributed by atoms with E-state index in [0.717, 1.165) is 43.5 Å². The van der Waals surface area contributed by atoms with Crippen molar-refractivity contribution >= 4 is 6.29 Å². The molecule has 0 unspecified atom stereocenters. The zero-order valence-corrected chi connectivity index (χ0v) is 10.1. The van der Waals surface area contributed by atoms with Crippen LogP contribution < -0.4 is 0 Å². The molecule has 0 aromatic carbocycles. The highest BCUT2D eigenvalue weighted by atomic mass is 16.5. The van der Waals surface area contributed by atoms with Crippen molar-refractivity contribution in [1.82, 2.24) is 14.7 Å². The van der Waals surface area contributed by atoms with Crippen LogP contribution in [-0.2, 0) is 18.0 Å². The van der Waals surface area contributed by atoms with Gasteiger partial charge in [0.25, 0.3) is 0 Å². The van der Waals surface area contributed by atoms with E-state index in [1.54, 1.807) is 0 Å². The van der Waals surface area contributed by atoms with Gasteiger partial charge in [0.15, 0.2) is 6.29 Å². The van der Waals surface area contributed by atoms with E-state index in [9.17, 15) is 4.79 Å². The van der Waals surface area contributed by atoms with Crippen LogP contribution in [0, 0.1) is 0 Å². The predicted octanol–water partition coefficient (Wildman–Crippen LogP) is 0.992. The molecule has 0 radical (unpaired) electrons. The molecular weight excluding hydrogens is 218 g/mol. The molecule has 1 fully saturated rings. The van der Waals surface area contributed by atoms with Crippen molar-refractivity contribution in [2.24, 2.45) is 0 Å². The predicted molar refractivity (Wildman–Crippen MR) is 61.9 cm³/mol. The van der Waals surface area contributed by atoms with Gasteiger partial charge in [0.1, 0.15) is 5.69 Å². The number of aldehydes is 1. The molecule has 0 aliphatic carbocycles. The van der Waals surface area contributed by atoms with Crippen LogP contribution in [0.4, 0.5) is 0 Å². The summed E-state index contributed by atoms with van der Waals surface area (Å²) in [5.41, 5.74) is 2.68. The van der Waals surface area contributed by atoms with Gasteiger partial charge >= 0.3 is 0 Å². The van der Waals surface area contributed by atoms with Gasteiger partial charge in [-0.15, -0.1) is 0 Å². The number of likely N-dealkylation sites (tertiary alicyclic amines) is 1. The normalized spacial score (nSPS) is 21.7. The van der Waals surface area contributed by atoms with Gasteiger partial charge in [-0.25, -0.2) is 0 Å². The molecule has 1 aromatic rings. The van der Waals surface area contributed by atoms with Crippen molar-refractivity contribution in [3.63, 3.8) is 0 Å². The van der Waals surface area contributed by atoms with E-state index >= 15 is 0 Å². The average Bonchev–Trinajstić information content (AvgIpc) is 2.91. The van der Waals surface area contributed by atoms with Gasteiger partial charge in [0.05, 0.1) is 24.9 Å². The Kier molecular flexibility index (Phi) is 2.72. The number of fused-ring (bicyclic) bond motifs is 1. The Bertz CT molecular complexity index is 433. The lowest BCUT2D eigenvalue weighted by Crippen LogP contribution is -2.32. The molecule has 0 amide bonds. The Morgan fingerprint density at radius 3 is 2.82 bits per heavy atom. The highest BCUT2D eigenvalue weighted by Crippen LogP contribution is 2.29. The molecule has 0 N–H and O–H groups in total. The average molecular weight is 235 g/mol. The maximum atomic E-state index is 11.0. The Labute approximate surface area is 100 Å². The fourth-order valence-electron chi connectivity index (χ4n) is 2.72. The summed E-state index contributed by atoms with van der Waals surface area (Å²) in [6.07, 6.45) is 3.05. The zero-order chi connectivity index (χ0) is 11.8. The SMILES string of the molecule is CN1CCC(n2nc(C=O)c3c2COC3)CC1. The van der Waals surface area contributed by atoms with Crippen LogP contribution >= 0.6 is 0 Å². The largest absolute Gasteiger partial charge is 0.370 e. The Hall–Kier alpha value is -1.20. The van der Waals surface area contributed by atoms with Crippen molar-refractivity contribution in [3.8, 4) is 0 Å². The topological polar surface area (TPSA) is 47.4 Å². The molecule has 0 spiro atoms. The number of piperidine rings is 1. The van der Waals surface area contributed by atoms with Crippen molar-refractivity contribution in [2.75, 3.05) is 20.1 Å². The van der Waals surface area contributed by atoms with Crippen molar-refractivity contribution in [1.29, 1.82) is 0 Å². The minimum atomic E-state index is 0.426. The van der Waals surface area contributed by atoms with Crippen molar-refractivity contribution in [3.05, 3.63) is 17.0 Å². The van der Waals surface area contributed by atoms with E-state index in [1.807, 2.05) is 4.68 Å².